The summed E-state index contributed by atoms with van der Waals surface area (Å²) < 4.78 is 22.4. The van der Waals surface area contributed by atoms with Crippen molar-refractivity contribution < 1.29 is 13.2 Å². The Morgan fingerprint density at radius 3 is 2.62 bits per heavy atom. The van der Waals surface area contributed by atoms with Crippen molar-refractivity contribution in [1.29, 1.82) is 0 Å². The number of hydrogen-bond acceptors (Lipinski definition) is 4. The number of likely N-dealkylation sites (N-methyl/N-ethyl adjacent to an activating group) is 1. The van der Waals surface area contributed by atoms with Crippen molar-refractivity contribution in [2.45, 2.75) is 12.8 Å². The van der Waals surface area contributed by atoms with Gasteiger partial charge in [0.15, 0.2) is 9.84 Å². The molecule has 0 aliphatic carbocycles. The molecule has 6 heteroatoms. The van der Waals surface area contributed by atoms with Gasteiger partial charge in [-0.1, -0.05) is 0 Å². The number of amides is 1. The maximum atomic E-state index is 11.5. The molecule has 1 fully saturated rings. The van der Waals surface area contributed by atoms with Gasteiger partial charge in [0, 0.05) is 19.5 Å². The molecule has 1 aliphatic rings. The smallest absolute Gasteiger partial charge is 0.220 e. The van der Waals surface area contributed by atoms with Gasteiger partial charge in [0.2, 0.25) is 5.91 Å². The fourth-order valence-electron chi connectivity index (χ4n) is 1.79. The second-order valence-electron chi connectivity index (χ2n) is 4.63. The number of sulfone groups is 1. The summed E-state index contributed by atoms with van der Waals surface area (Å²) in [4.78, 5) is 13.5. The SMILES string of the molecule is CN(C)CCNC(=O)CC1CCS(=O)(=O)C1. The van der Waals surface area contributed by atoms with Crippen LogP contribution in [0.15, 0.2) is 0 Å². The van der Waals surface area contributed by atoms with E-state index in [1.165, 1.54) is 0 Å². The van der Waals surface area contributed by atoms with E-state index < -0.39 is 9.84 Å². The topological polar surface area (TPSA) is 66.5 Å². The highest BCUT2D eigenvalue weighted by molar-refractivity contribution is 7.91. The van der Waals surface area contributed by atoms with E-state index in [0.29, 0.717) is 19.4 Å². The van der Waals surface area contributed by atoms with Crippen molar-refractivity contribution in [1.82, 2.24) is 10.2 Å². The number of hydrogen-bond donors (Lipinski definition) is 1. The molecule has 1 rings (SSSR count). The minimum atomic E-state index is -2.86. The zero-order chi connectivity index (χ0) is 12.2. The Morgan fingerprint density at radius 2 is 2.12 bits per heavy atom. The first-order chi connectivity index (χ1) is 7.39. The summed E-state index contributed by atoms with van der Waals surface area (Å²) in [7, 11) is 1.02. The quantitative estimate of drug-likeness (QED) is 0.711. The Hall–Kier alpha value is -0.620. The van der Waals surface area contributed by atoms with Gasteiger partial charge in [-0.2, -0.15) is 0 Å². The molecule has 1 N–H and O–H groups in total. The number of nitrogens with one attached hydrogen (secondary N) is 1. The molecule has 1 amide bonds. The lowest BCUT2D eigenvalue weighted by molar-refractivity contribution is -0.121. The number of carbonyl (C=O) groups excluding carboxylic acids is 1. The lowest BCUT2D eigenvalue weighted by Crippen LogP contribution is -2.32. The average molecular weight is 248 g/mol. The Kier molecular flexibility index (Phi) is 4.73. The second kappa shape index (κ2) is 5.63. The molecule has 0 radical (unpaired) electrons. The lowest BCUT2D eigenvalue weighted by Gasteiger charge is -2.11. The van der Waals surface area contributed by atoms with Crippen LogP contribution >= 0.6 is 0 Å². The molecular formula is C10H20N2O3S. The van der Waals surface area contributed by atoms with E-state index in [0.717, 1.165) is 6.54 Å². The number of carbonyl (C=O) groups is 1. The highest BCUT2D eigenvalue weighted by Gasteiger charge is 2.29. The van der Waals surface area contributed by atoms with Gasteiger partial charge in [-0.15, -0.1) is 0 Å². The van der Waals surface area contributed by atoms with Gasteiger partial charge in [0.25, 0.3) is 0 Å². The van der Waals surface area contributed by atoms with Crippen LogP contribution in [-0.2, 0) is 14.6 Å². The van der Waals surface area contributed by atoms with Crippen LogP contribution in [0.4, 0.5) is 0 Å². The molecule has 0 aromatic rings. The van der Waals surface area contributed by atoms with Gasteiger partial charge in [-0.3, -0.25) is 4.79 Å². The van der Waals surface area contributed by atoms with Gasteiger partial charge < -0.3 is 10.2 Å². The molecule has 1 unspecified atom stereocenters. The first-order valence-corrected chi connectivity index (χ1v) is 7.33. The summed E-state index contributed by atoms with van der Waals surface area (Å²) in [5.74, 6) is 0.393. The molecule has 0 aromatic heterocycles. The van der Waals surface area contributed by atoms with Crippen molar-refractivity contribution >= 4 is 15.7 Å². The van der Waals surface area contributed by atoms with Crippen LogP contribution in [-0.4, -0.2) is 57.9 Å². The third kappa shape index (κ3) is 4.94. The fourth-order valence-corrected chi connectivity index (χ4v) is 3.65. The molecule has 5 nitrogen and oxygen atoms in total. The molecule has 16 heavy (non-hydrogen) atoms. The zero-order valence-corrected chi connectivity index (χ0v) is 10.7. The molecular weight excluding hydrogens is 228 g/mol. The van der Waals surface area contributed by atoms with Gasteiger partial charge in [-0.05, 0) is 26.4 Å². The Bertz CT molecular complexity index is 338. The summed E-state index contributed by atoms with van der Waals surface area (Å²) in [6.07, 6.45) is 0.968. The molecule has 0 bridgehead atoms. The van der Waals surface area contributed by atoms with E-state index in [1.807, 2.05) is 19.0 Å². The van der Waals surface area contributed by atoms with Crippen LogP contribution < -0.4 is 5.32 Å². The monoisotopic (exact) mass is 248 g/mol. The van der Waals surface area contributed by atoms with Crippen LogP contribution in [0.3, 0.4) is 0 Å². The van der Waals surface area contributed by atoms with Crippen LogP contribution in [0.2, 0.25) is 0 Å². The van der Waals surface area contributed by atoms with Crippen molar-refractivity contribution in [2.75, 3.05) is 38.7 Å². The third-order valence-electron chi connectivity index (χ3n) is 2.68. The predicted octanol–water partition coefficient (Wildman–Crippen LogP) is -0.511. The van der Waals surface area contributed by atoms with Crippen LogP contribution in [0.5, 0.6) is 0 Å². The summed E-state index contributed by atoms with van der Waals surface area (Å²) in [6.45, 7) is 1.42. The van der Waals surface area contributed by atoms with Crippen molar-refractivity contribution in [2.24, 2.45) is 5.92 Å². The third-order valence-corrected chi connectivity index (χ3v) is 4.52. The Morgan fingerprint density at radius 1 is 1.44 bits per heavy atom. The van der Waals surface area contributed by atoms with Gasteiger partial charge in [0.1, 0.15) is 0 Å². The molecule has 0 aromatic carbocycles. The highest BCUT2D eigenvalue weighted by Crippen LogP contribution is 2.21. The summed E-state index contributed by atoms with van der Waals surface area (Å²) in [5.41, 5.74) is 0. The average Bonchev–Trinajstić information content (AvgIpc) is 2.44. The molecule has 1 atom stereocenters. The molecule has 94 valence electrons. The Labute approximate surface area is 97.1 Å². The first kappa shape index (κ1) is 13.4. The predicted molar refractivity (Wildman–Crippen MR) is 62.9 cm³/mol. The van der Waals surface area contributed by atoms with Crippen molar-refractivity contribution in [3.05, 3.63) is 0 Å². The summed E-state index contributed by atoms with van der Waals surface area (Å²) in [5, 5.41) is 2.79. The first-order valence-electron chi connectivity index (χ1n) is 5.51. The Balaban J connectivity index is 2.20. The lowest BCUT2D eigenvalue weighted by atomic mass is 10.1. The molecule has 1 heterocycles. The van der Waals surface area contributed by atoms with Crippen molar-refractivity contribution in [3.63, 3.8) is 0 Å². The molecule has 0 spiro atoms. The van der Waals surface area contributed by atoms with Crippen LogP contribution in [0.1, 0.15) is 12.8 Å². The molecule has 1 aliphatic heterocycles. The zero-order valence-electron chi connectivity index (χ0n) is 9.90. The van der Waals surface area contributed by atoms with E-state index in [-0.39, 0.29) is 23.3 Å². The summed E-state index contributed by atoms with van der Waals surface area (Å²) in [6, 6.07) is 0. The van der Waals surface area contributed by atoms with Gasteiger partial charge >= 0.3 is 0 Å². The maximum Gasteiger partial charge on any atom is 0.220 e. The largest absolute Gasteiger partial charge is 0.355 e. The normalized spacial score (nSPS) is 23.6. The van der Waals surface area contributed by atoms with Crippen LogP contribution in [0.25, 0.3) is 0 Å². The van der Waals surface area contributed by atoms with E-state index in [2.05, 4.69) is 5.32 Å². The summed E-state index contributed by atoms with van der Waals surface area (Å²) >= 11 is 0. The van der Waals surface area contributed by atoms with Gasteiger partial charge in [0.05, 0.1) is 11.5 Å². The van der Waals surface area contributed by atoms with E-state index in [1.54, 1.807) is 0 Å². The van der Waals surface area contributed by atoms with E-state index in [4.69, 9.17) is 0 Å². The fraction of sp³-hybridized carbons (Fsp3) is 0.900. The number of rotatable bonds is 5. The molecule has 1 saturated heterocycles. The highest BCUT2D eigenvalue weighted by atomic mass is 32.2. The van der Waals surface area contributed by atoms with E-state index >= 15 is 0 Å². The van der Waals surface area contributed by atoms with Crippen LogP contribution in [0, 0.1) is 5.92 Å². The standard InChI is InChI=1S/C10H20N2O3S/c1-12(2)5-4-11-10(13)7-9-3-6-16(14,15)8-9/h9H,3-8H2,1-2H3,(H,11,13). The van der Waals surface area contributed by atoms with Crippen molar-refractivity contribution in [3.8, 4) is 0 Å². The van der Waals surface area contributed by atoms with E-state index in [9.17, 15) is 13.2 Å². The molecule has 0 saturated carbocycles. The minimum Gasteiger partial charge on any atom is -0.355 e. The number of nitrogens with zero attached hydrogens (tertiary/aromatic N) is 1. The second-order valence-corrected chi connectivity index (χ2v) is 6.86. The minimum absolute atomic E-state index is 0.0179. The maximum absolute atomic E-state index is 11.5. The van der Waals surface area contributed by atoms with Gasteiger partial charge in [-0.25, -0.2) is 8.42 Å².